The van der Waals surface area contributed by atoms with Crippen molar-refractivity contribution in [2.45, 2.75) is 13.1 Å². The summed E-state index contributed by atoms with van der Waals surface area (Å²) in [6.45, 7) is 1.26. The van der Waals surface area contributed by atoms with Gasteiger partial charge in [0.1, 0.15) is 12.0 Å². The van der Waals surface area contributed by atoms with E-state index in [-0.39, 0.29) is 0 Å². The van der Waals surface area contributed by atoms with E-state index in [0.717, 1.165) is 11.1 Å². The number of pyridine rings is 1. The van der Waals surface area contributed by atoms with Crippen molar-refractivity contribution in [1.29, 1.82) is 0 Å². The van der Waals surface area contributed by atoms with E-state index in [9.17, 15) is 0 Å². The fourth-order valence-corrected chi connectivity index (χ4v) is 2.15. The second kappa shape index (κ2) is 7.22. The summed E-state index contributed by atoms with van der Waals surface area (Å²) < 4.78 is 0. The predicted molar refractivity (Wildman–Crippen MR) is 91.8 cm³/mol. The van der Waals surface area contributed by atoms with Crippen LogP contribution in [0.25, 0.3) is 0 Å². The average Bonchev–Trinajstić information content (AvgIpc) is 2.61. The summed E-state index contributed by atoms with van der Waals surface area (Å²) in [5.74, 6) is 1.23. The van der Waals surface area contributed by atoms with Crippen LogP contribution in [0.5, 0.6) is 0 Å². The van der Waals surface area contributed by atoms with Crippen LogP contribution in [0.15, 0.2) is 61.2 Å². The third kappa shape index (κ3) is 3.94. The molecule has 0 fully saturated rings. The lowest BCUT2D eigenvalue weighted by atomic mass is 10.2. The number of hydrogen-bond acceptors (Lipinski definition) is 6. The molecule has 0 saturated carbocycles. The Morgan fingerprint density at radius 2 is 1.48 bits per heavy atom. The molecule has 0 aliphatic rings. The Labute approximate surface area is 134 Å². The highest BCUT2D eigenvalue weighted by Gasteiger charge is 2.07. The predicted octanol–water partition coefficient (Wildman–Crippen LogP) is 2.68. The minimum atomic E-state index is 0.507. The van der Waals surface area contributed by atoms with Gasteiger partial charge in [0.25, 0.3) is 0 Å². The number of nitrogens with one attached hydrogen (secondary N) is 2. The van der Waals surface area contributed by atoms with Crippen molar-refractivity contribution in [1.82, 2.24) is 15.0 Å². The highest BCUT2D eigenvalue weighted by Crippen LogP contribution is 2.23. The first-order valence-electron chi connectivity index (χ1n) is 7.34. The van der Waals surface area contributed by atoms with Gasteiger partial charge in [-0.3, -0.25) is 4.98 Å². The summed E-state index contributed by atoms with van der Waals surface area (Å²) in [5.41, 5.74) is 8.87. The van der Waals surface area contributed by atoms with E-state index >= 15 is 0 Å². The number of benzene rings is 1. The van der Waals surface area contributed by atoms with Gasteiger partial charge in [-0.1, -0.05) is 36.4 Å². The lowest BCUT2D eigenvalue weighted by Gasteiger charge is -2.12. The molecule has 0 aliphatic carbocycles. The molecule has 3 rings (SSSR count). The van der Waals surface area contributed by atoms with Gasteiger partial charge >= 0.3 is 0 Å². The standard InChI is InChI=1S/C17H18N6/c18-15-16(20-10-13-5-2-1-3-6-13)22-12-23-17(15)21-11-14-7-4-8-19-9-14/h1-9,12H,10-11,18H2,(H2,20,21,22,23). The molecule has 116 valence electrons. The molecule has 0 aliphatic heterocycles. The minimum absolute atomic E-state index is 0.507. The number of nitrogens with zero attached hydrogens (tertiary/aromatic N) is 3. The van der Waals surface area contributed by atoms with Crippen molar-refractivity contribution in [2.75, 3.05) is 16.4 Å². The van der Waals surface area contributed by atoms with Crippen LogP contribution in [0, 0.1) is 0 Å². The van der Waals surface area contributed by atoms with Crippen molar-refractivity contribution in [3.8, 4) is 0 Å². The fraction of sp³-hybridized carbons (Fsp3) is 0.118. The number of anilines is 3. The van der Waals surface area contributed by atoms with Crippen molar-refractivity contribution in [3.63, 3.8) is 0 Å². The van der Waals surface area contributed by atoms with Crippen LogP contribution < -0.4 is 16.4 Å². The molecule has 2 heterocycles. The summed E-state index contributed by atoms with van der Waals surface area (Å²) in [7, 11) is 0. The van der Waals surface area contributed by atoms with E-state index in [1.54, 1.807) is 12.4 Å². The molecule has 3 aromatic rings. The van der Waals surface area contributed by atoms with E-state index in [1.165, 1.54) is 6.33 Å². The average molecular weight is 306 g/mol. The topological polar surface area (TPSA) is 88.8 Å². The van der Waals surface area contributed by atoms with E-state index in [2.05, 4.69) is 25.6 Å². The first kappa shape index (κ1) is 14.8. The zero-order chi connectivity index (χ0) is 15.9. The fourth-order valence-electron chi connectivity index (χ4n) is 2.15. The molecule has 0 atom stereocenters. The second-order valence-corrected chi connectivity index (χ2v) is 5.04. The second-order valence-electron chi connectivity index (χ2n) is 5.04. The Balaban J connectivity index is 1.66. The lowest BCUT2D eigenvalue weighted by molar-refractivity contribution is 1.05. The number of nitrogen functional groups attached to an aromatic ring is 1. The summed E-state index contributed by atoms with van der Waals surface area (Å²) in [5, 5.41) is 6.45. The highest BCUT2D eigenvalue weighted by molar-refractivity contribution is 5.73. The number of hydrogen-bond donors (Lipinski definition) is 3. The number of rotatable bonds is 6. The normalized spacial score (nSPS) is 10.3. The third-order valence-electron chi connectivity index (χ3n) is 3.37. The van der Waals surface area contributed by atoms with Crippen LogP contribution in [0.3, 0.4) is 0 Å². The van der Waals surface area contributed by atoms with Crippen molar-refractivity contribution in [3.05, 3.63) is 72.3 Å². The van der Waals surface area contributed by atoms with Crippen molar-refractivity contribution >= 4 is 17.3 Å². The summed E-state index contributed by atoms with van der Waals surface area (Å²) in [4.78, 5) is 12.5. The van der Waals surface area contributed by atoms with Gasteiger partial charge in [0.15, 0.2) is 11.6 Å². The Hall–Kier alpha value is -3.15. The van der Waals surface area contributed by atoms with Crippen LogP contribution in [0.4, 0.5) is 17.3 Å². The zero-order valence-corrected chi connectivity index (χ0v) is 12.6. The molecule has 2 aromatic heterocycles. The summed E-state index contributed by atoms with van der Waals surface area (Å²) >= 11 is 0. The van der Waals surface area contributed by atoms with Crippen LogP contribution in [-0.2, 0) is 13.1 Å². The molecule has 1 aromatic carbocycles. The largest absolute Gasteiger partial charge is 0.393 e. The lowest BCUT2D eigenvalue weighted by Crippen LogP contribution is -2.10. The monoisotopic (exact) mass is 306 g/mol. The van der Waals surface area contributed by atoms with E-state index in [1.807, 2.05) is 42.5 Å². The van der Waals surface area contributed by atoms with Crippen molar-refractivity contribution in [2.24, 2.45) is 0 Å². The van der Waals surface area contributed by atoms with Gasteiger partial charge in [-0.2, -0.15) is 0 Å². The maximum atomic E-state index is 6.15. The van der Waals surface area contributed by atoms with Crippen LogP contribution >= 0.6 is 0 Å². The molecule has 0 amide bonds. The van der Waals surface area contributed by atoms with Crippen LogP contribution in [0.2, 0.25) is 0 Å². The summed E-state index contributed by atoms with van der Waals surface area (Å²) in [6.07, 6.45) is 5.04. The third-order valence-corrected chi connectivity index (χ3v) is 3.37. The zero-order valence-electron chi connectivity index (χ0n) is 12.6. The van der Waals surface area contributed by atoms with Gasteiger partial charge in [0.2, 0.25) is 0 Å². The Kier molecular flexibility index (Phi) is 4.63. The molecule has 6 nitrogen and oxygen atoms in total. The molecule has 6 heteroatoms. The van der Waals surface area contributed by atoms with Gasteiger partial charge in [0.05, 0.1) is 0 Å². The Morgan fingerprint density at radius 3 is 2.13 bits per heavy atom. The van der Waals surface area contributed by atoms with Crippen molar-refractivity contribution < 1.29 is 0 Å². The number of nitrogens with two attached hydrogens (primary N) is 1. The molecule has 4 N–H and O–H groups in total. The van der Waals surface area contributed by atoms with Gasteiger partial charge in [-0.25, -0.2) is 9.97 Å². The quantitative estimate of drug-likeness (QED) is 0.649. The molecule has 0 spiro atoms. The molecule has 0 unspecified atom stereocenters. The van der Waals surface area contributed by atoms with Gasteiger partial charge in [-0.05, 0) is 17.2 Å². The molecule has 23 heavy (non-hydrogen) atoms. The Morgan fingerprint density at radius 1 is 0.826 bits per heavy atom. The number of aromatic nitrogens is 3. The minimum Gasteiger partial charge on any atom is -0.393 e. The molecule has 0 bridgehead atoms. The molecular formula is C17H18N6. The van der Waals surface area contributed by atoms with Gasteiger partial charge in [0, 0.05) is 25.5 Å². The van der Waals surface area contributed by atoms with E-state index in [4.69, 9.17) is 5.73 Å². The molecule has 0 saturated heterocycles. The van der Waals surface area contributed by atoms with E-state index < -0.39 is 0 Å². The van der Waals surface area contributed by atoms with Crippen LogP contribution in [0.1, 0.15) is 11.1 Å². The van der Waals surface area contributed by atoms with E-state index in [0.29, 0.717) is 30.4 Å². The Bertz CT molecular complexity index is 684. The smallest absolute Gasteiger partial charge is 0.155 e. The molecule has 0 radical (unpaired) electrons. The first-order valence-corrected chi connectivity index (χ1v) is 7.34. The van der Waals surface area contributed by atoms with Gasteiger partial charge in [-0.15, -0.1) is 0 Å². The SMILES string of the molecule is Nc1c(NCc2ccccc2)ncnc1NCc1cccnc1. The summed E-state index contributed by atoms with van der Waals surface area (Å²) in [6, 6.07) is 14.0. The van der Waals surface area contributed by atoms with Crippen LogP contribution in [-0.4, -0.2) is 15.0 Å². The first-order chi connectivity index (χ1) is 11.3. The maximum Gasteiger partial charge on any atom is 0.155 e. The maximum absolute atomic E-state index is 6.15. The molecular weight excluding hydrogens is 288 g/mol. The van der Waals surface area contributed by atoms with Gasteiger partial charge < -0.3 is 16.4 Å². The highest BCUT2D eigenvalue weighted by atomic mass is 15.1.